The van der Waals surface area contributed by atoms with E-state index < -0.39 is 33.8 Å². The van der Waals surface area contributed by atoms with Crippen molar-refractivity contribution in [2.75, 3.05) is 91.3 Å². The molecule has 6 rings (SSSR count). The van der Waals surface area contributed by atoms with Gasteiger partial charge in [0.1, 0.15) is 21.2 Å². The lowest BCUT2D eigenvalue weighted by Gasteiger charge is -2.43. The topological polar surface area (TPSA) is 161 Å². The summed E-state index contributed by atoms with van der Waals surface area (Å²) in [4.78, 5) is 30.5. The highest BCUT2D eigenvalue weighted by atomic mass is 35.5. The first-order chi connectivity index (χ1) is 30.0. The number of benzene rings is 2. The van der Waals surface area contributed by atoms with Crippen molar-refractivity contribution < 1.29 is 47.0 Å². The Hall–Kier alpha value is -4.03. The summed E-state index contributed by atoms with van der Waals surface area (Å²) >= 11 is 6.47. The quantitative estimate of drug-likeness (QED) is 0.146. The van der Waals surface area contributed by atoms with Gasteiger partial charge in [-0.05, 0) is 91.8 Å². The minimum absolute atomic E-state index is 0.0411. The van der Waals surface area contributed by atoms with Crippen LogP contribution in [0.25, 0.3) is 0 Å². The van der Waals surface area contributed by atoms with Crippen LogP contribution in [-0.2, 0) is 53.5 Å². The zero-order chi connectivity index (χ0) is 44.1. The number of amides is 2. The largest absolute Gasteiger partial charge is 0.491 e. The Balaban J connectivity index is 1.37. The molecule has 1 saturated carbocycles. The van der Waals surface area contributed by atoms with Crippen molar-refractivity contribution in [1.29, 1.82) is 0 Å². The van der Waals surface area contributed by atoms with E-state index in [1.807, 2.05) is 25.1 Å². The predicted molar refractivity (Wildman–Crippen MR) is 238 cm³/mol. The Kier molecular flexibility index (Phi) is 17.6. The van der Waals surface area contributed by atoms with Crippen LogP contribution in [0.15, 0.2) is 59.1 Å². The van der Waals surface area contributed by atoms with E-state index in [1.165, 1.54) is 29.1 Å². The molecule has 1 aromatic heterocycles. The van der Waals surface area contributed by atoms with Crippen LogP contribution in [0.2, 0.25) is 5.02 Å². The summed E-state index contributed by atoms with van der Waals surface area (Å²) in [6, 6.07) is 11.4. The molecule has 17 heteroatoms. The number of nitrogens with one attached hydrogen (secondary N) is 1. The second-order valence-corrected chi connectivity index (χ2v) is 18.5. The lowest BCUT2D eigenvalue weighted by atomic mass is 9.70. The molecule has 3 aliphatic rings. The van der Waals surface area contributed by atoms with E-state index in [2.05, 4.69) is 31.2 Å². The normalized spacial score (nSPS) is 25.1. The number of carbonyl (C=O) groups is 2. The zero-order valence-electron chi connectivity index (χ0n) is 36.6. The first kappa shape index (κ1) is 47.4. The average molecular weight is 901 g/mol. The third-order valence-corrected chi connectivity index (χ3v) is 13.9. The molecule has 2 aromatic carbocycles. The smallest absolute Gasteiger partial charge is 0.286 e. The van der Waals surface area contributed by atoms with Crippen molar-refractivity contribution in [2.24, 2.45) is 29.2 Å². The minimum atomic E-state index is -3.82. The molecule has 2 bridgehead atoms. The van der Waals surface area contributed by atoms with E-state index in [4.69, 9.17) is 44.8 Å². The lowest BCUT2D eigenvalue weighted by molar-refractivity contribution is -0.0158. The van der Waals surface area contributed by atoms with Gasteiger partial charge in [0.2, 0.25) is 5.88 Å². The van der Waals surface area contributed by atoms with Gasteiger partial charge < -0.3 is 38.1 Å². The second-order valence-electron chi connectivity index (χ2n) is 16.1. The summed E-state index contributed by atoms with van der Waals surface area (Å²) in [5.41, 5.74) is 3.48. The summed E-state index contributed by atoms with van der Waals surface area (Å²) in [6.45, 7) is 5.96. The third-order valence-electron chi connectivity index (χ3n) is 11.7. The van der Waals surface area contributed by atoms with Crippen LogP contribution in [-0.4, -0.2) is 124 Å². The van der Waals surface area contributed by atoms with Gasteiger partial charge in [0, 0.05) is 57.1 Å². The van der Waals surface area contributed by atoms with E-state index in [9.17, 15) is 9.59 Å². The highest BCUT2D eigenvalue weighted by Crippen LogP contribution is 2.41. The Morgan fingerprint density at radius 3 is 2.47 bits per heavy atom. The molecule has 0 spiro atoms. The maximum Gasteiger partial charge on any atom is 0.286 e. The summed E-state index contributed by atoms with van der Waals surface area (Å²) in [5.74, 6) is -1.03. The molecule has 0 saturated heterocycles. The van der Waals surface area contributed by atoms with Gasteiger partial charge in [0.15, 0.2) is 0 Å². The van der Waals surface area contributed by atoms with E-state index >= 15 is 4.21 Å². The Morgan fingerprint density at radius 2 is 1.73 bits per heavy atom. The molecule has 3 heterocycles. The molecule has 1 fully saturated rings. The third kappa shape index (κ3) is 12.8. The van der Waals surface area contributed by atoms with Crippen molar-refractivity contribution in [3.8, 4) is 11.6 Å². The van der Waals surface area contributed by atoms with E-state index in [0.717, 1.165) is 44.2 Å². The molecule has 6 atom stereocenters. The van der Waals surface area contributed by atoms with Crippen LogP contribution in [0.4, 0.5) is 5.69 Å². The van der Waals surface area contributed by atoms with Gasteiger partial charge in [-0.2, -0.15) is 0 Å². The maximum absolute atomic E-state index is 15.1. The molecule has 1 aliphatic carbocycles. The SMILES string of the molecule is COCCOCCOCCO[C@H]1/C=C/[C@H](OC)[C@@H]2CC[C@H]2CN2CCc3ccc(Cl)cc3CCCCOc3ccc(cc32)C(=O)N=S(=O)(NC(=O)c2cn(C)nc2OC)C[C@H]1C. The molecule has 2 amide bonds. The average Bonchev–Trinajstić information content (AvgIpc) is 3.63. The number of methoxy groups -OCH3 is 3. The first-order valence-electron chi connectivity index (χ1n) is 21.5. The molecule has 2 aliphatic heterocycles. The Labute approximate surface area is 371 Å². The summed E-state index contributed by atoms with van der Waals surface area (Å²) < 4.78 is 64.2. The highest BCUT2D eigenvalue weighted by molar-refractivity contribution is 7.92. The van der Waals surface area contributed by atoms with Crippen LogP contribution in [0.1, 0.15) is 64.4 Å². The number of hydrogen-bond donors (Lipinski definition) is 1. The fourth-order valence-corrected chi connectivity index (χ4v) is 10.3. The molecule has 1 unspecified atom stereocenters. The summed E-state index contributed by atoms with van der Waals surface area (Å²) in [6.07, 6.45) is 9.99. The fourth-order valence-electron chi connectivity index (χ4n) is 8.24. The Bertz CT molecular complexity index is 2120. The number of hydrogen-bond acceptors (Lipinski definition) is 12. The fraction of sp³-hybridized carbons (Fsp3) is 0.578. The van der Waals surface area contributed by atoms with Crippen LogP contribution in [0.3, 0.4) is 0 Å². The van der Waals surface area contributed by atoms with Crippen LogP contribution in [0.5, 0.6) is 11.6 Å². The van der Waals surface area contributed by atoms with Crippen LogP contribution >= 0.6 is 11.6 Å². The van der Waals surface area contributed by atoms with Gasteiger partial charge in [-0.1, -0.05) is 36.7 Å². The molecule has 3 aromatic rings. The minimum Gasteiger partial charge on any atom is -0.491 e. The van der Waals surface area contributed by atoms with E-state index in [0.29, 0.717) is 56.9 Å². The van der Waals surface area contributed by atoms with E-state index in [-0.39, 0.29) is 53.9 Å². The zero-order valence-corrected chi connectivity index (χ0v) is 38.1. The molecule has 340 valence electrons. The van der Waals surface area contributed by atoms with E-state index in [1.54, 1.807) is 39.5 Å². The number of aromatic nitrogens is 2. The number of fused-ring (bicyclic) bond motifs is 3. The second kappa shape index (κ2) is 23.1. The maximum atomic E-state index is 15.1. The van der Waals surface area contributed by atoms with Crippen molar-refractivity contribution in [3.05, 3.63) is 82.0 Å². The van der Waals surface area contributed by atoms with Gasteiger partial charge in [-0.3, -0.25) is 19.0 Å². The monoisotopic (exact) mass is 899 g/mol. The number of ether oxygens (including phenoxy) is 7. The first-order valence-corrected chi connectivity index (χ1v) is 23.5. The molecule has 15 nitrogen and oxygen atoms in total. The Morgan fingerprint density at radius 1 is 0.952 bits per heavy atom. The molecule has 0 radical (unpaired) electrons. The molecule has 62 heavy (non-hydrogen) atoms. The number of carbonyl (C=O) groups excluding carboxylic acids is 2. The van der Waals surface area contributed by atoms with Crippen LogP contribution < -0.4 is 19.1 Å². The van der Waals surface area contributed by atoms with Crippen molar-refractivity contribution >= 4 is 39.0 Å². The number of anilines is 1. The van der Waals surface area contributed by atoms with Crippen molar-refractivity contribution in [3.63, 3.8) is 0 Å². The van der Waals surface area contributed by atoms with Crippen molar-refractivity contribution in [2.45, 2.75) is 57.7 Å². The number of aryl methyl sites for hydroxylation is 2. The van der Waals surface area contributed by atoms with Gasteiger partial charge in [0.25, 0.3) is 11.8 Å². The van der Waals surface area contributed by atoms with Crippen LogP contribution in [0, 0.1) is 17.8 Å². The van der Waals surface area contributed by atoms with Gasteiger partial charge in [0.05, 0.1) is 77.0 Å². The number of halogens is 1. The summed E-state index contributed by atoms with van der Waals surface area (Å²) in [5, 5.41) is 4.90. The van der Waals surface area contributed by atoms with Gasteiger partial charge in [-0.25, -0.2) is 4.21 Å². The highest BCUT2D eigenvalue weighted by Gasteiger charge is 2.38. The standard InChI is InChI=1S/C45H62ClN5O10S/c1-31-30-62(54,49-44(53)38-29-50(2)47-45(38)57-5)48-43(52)34-11-14-42-39(27-34)51(18-17-32-9-12-36(46)26-33(32)8-6-7-19-60-42)28-35-10-13-37(35)41(56-4)16-15-40(31)61-25-24-59-23-22-58-21-20-55-3/h9,11-12,14-16,26-27,29,31,35,37,40-41H,6-8,10,13,17-25,28,30H2,1-5H3,(H,48,49,52,53,54)/b16-15+/t31-,35+,37-,40+,41+,62?/m1/s1. The van der Waals surface area contributed by atoms with Gasteiger partial charge >= 0.3 is 0 Å². The molecular weight excluding hydrogens is 838 g/mol. The van der Waals surface area contributed by atoms with Crippen molar-refractivity contribution in [1.82, 2.24) is 14.5 Å². The summed E-state index contributed by atoms with van der Waals surface area (Å²) in [7, 11) is 2.55. The predicted octanol–water partition coefficient (Wildman–Crippen LogP) is 6.11. The lowest BCUT2D eigenvalue weighted by Crippen LogP contribution is -2.44. The number of rotatable bonds is 14. The molecule has 1 N–H and O–H groups in total. The molecular formula is C45H62ClN5O10S. The number of nitrogens with zero attached hydrogens (tertiary/aromatic N) is 4. The van der Waals surface area contributed by atoms with Gasteiger partial charge in [-0.15, -0.1) is 9.46 Å².